The van der Waals surface area contributed by atoms with Gasteiger partial charge in [0.15, 0.2) is 5.75 Å². The molecular weight excluding hydrogens is 270 g/mol. The zero-order valence-corrected chi connectivity index (χ0v) is 12.6. The smallest absolute Gasteiger partial charge is 0.311 e. The van der Waals surface area contributed by atoms with Gasteiger partial charge >= 0.3 is 5.69 Å². The van der Waals surface area contributed by atoms with Crippen LogP contribution in [0, 0.1) is 10.1 Å². The number of anilines is 1. The van der Waals surface area contributed by atoms with E-state index in [0.717, 1.165) is 31.5 Å². The molecule has 0 aliphatic carbocycles. The van der Waals surface area contributed by atoms with Gasteiger partial charge in [0.1, 0.15) is 0 Å². The maximum atomic E-state index is 11.0. The summed E-state index contributed by atoms with van der Waals surface area (Å²) in [5.74, 6) is 0.342. The van der Waals surface area contributed by atoms with E-state index in [1.54, 1.807) is 12.1 Å². The fourth-order valence-electron chi connectivity index (χ4n) is 2.58. The van der Waals surface area contributed by atoms with Crippen molar-refractivity contribution in [1.82, 2.24) is 5.32 Å². The van der Waals surface area contributed by atoms with Gasteiger partial charge in [0.2, 0.25) is 0 Å². The second kappa shape index (κ2) is 7.26. The van der Waals surface area contributed by atoms with Gasteiger partial charge in [-0.15, -0.1) is 0 Å². The van der Waals surface area contributed by atoms with Crippen LogP contribution in [0.2, 0.25) is 0 Å². The quantitative estimate of drug-likeness (QED) is 0.623. The van der Waals surface area contributed by atoms with Crippen molar-refractivity contribution >= 4 is 11.4 Å². The number of nitrogens with zero attached hydrogens (tertiary/aromatic N) is 1. The Balaban J connectivity index is 2.10. The maximum Gasteiger partial charge on any atom is 0.311 e. The number of ether oxygens (including phenoxy) is 1. The van der Waals surface area contributed by atoms with Gasteiger partial charge < -0.3 is 15.4 Å². The first-order valence-electron chi connectivity index (χ1n) is 7.51. The molecule has 2 atom stereocenters. The van der Waals surface area contributed by atoms with Crippen molar-refractivity contribution in [1.29, 1.82) is 0 Å². The Morgan fingerprint density at radius 1 is 1.52 bits per heavy atom. The lowest BCUT2D eigenvalue weighted by Crippen LogP contribution is -2.41. The van der Waals surface area contributed by atoms with Crippen LogP contribution >= 0.6 is 0 Å². The highest BCUT2D eigenvalue weighted by Crippen LogP contribution is 2.31. The topological polar surface area (TPSA) is 76.4 Å². The van der Waals surface area contributed by atoms with Crippen molar-refractivity contribution in [2.24, 2.45) is 0 Å². The fraction of sp³-hybridized carbons (Fsp3) is 0.600. The summed E-state index contributed by atoms with van der Waals surface area (Å²) < 4.78 is 5.50. The van der Waals surface area contributed by atoms with E-state index in [4.69, 9.17) is 4.74 Å². The van der Waals surface area contributed by atoms with Gasteiger partial charge in [-0.1, -0.05) is 6.92 Å². The van der Waals surface area contributed by atoms with Gasteiger partial charge in [-0.2, -0.15) is 0 Å². The molecule has 1 aliphatic heterocycles. The third-order valence-corrected chi connectivity index (χ3v) is 3.61. The van der Waals surface area contributed by atoms with Gasteiger partial charge in [0.05, 0.1) is 11.5 Å². The summed E-state index contributed by atoms with van der Waals surface area (Å²) in [6.45, 7) is 5.61. The van der Waals surface area contributed by atoms with E-state index < -0.39 is 4.92 Å². The van der Waals surface area contributed by atoms with Crippen LogP contribution in [0.1, 0.15) is 33.1 Å². The van der Waals surface area contributed by atoms with Gasteiger partial charge in [-0.05, 0) is 38.8 Å². The molecule has 2 unspecified atom stereocenters. The molecule has 1 aliphatic rings. The van der Waals surface area contributed by atoms with Crippen LogP contribution in [0.4, 0.5) is 11.4 Å². The van der Waals surface area contributed by atoms with Crippen LogP contribution in [0.5, 0.6) is 5.75 Å². The number of nitro groups is 1. The highest BCUT2D eigenvalue weighted by molar-refractivity contribution is 5.58. The van der Waals surface area contributed by atoms with Crippen molar-refractivity contribution < 1.29 is 9.66 Å². The largest absolute Gasteiger partial charge is 0.487 e. The summed E-state index contributed by atoms with van der Waals surface area (Å²) in [6, 6.07) is 5.88. The summed E-state index contributed by atoms with van der Waals surface area (Å²) in [5.41, 5.74) is 0.901. The predicted molar refractivity (Wildman–Crippen MR) is 83.0 cm³/mol. The van der Waals surface area contributed by atoms with Crippen LogP contribution in [0.15, 0.2) is 18.2 Å². The first kappa shape index (κ1) is 15.6. The number of hydrogen-bond acceptors (Lipinski definition) is 5. The number of rotatable bonds is 6. The monoisotopic (exact) mass is 293 g/mol. The van der Waals surface area contributed by atoms with Crippen LogP contribution in [-0.4, -0.2) is 30.2 Å². The Morgan fingerprint density at radius 2 is 2.33 bits per heavy atom. The molecule has 1 fully saturated rings. The highest BCUT2D eigenvalue weighted by Gasteiger charge is 2.20. The van der Waals surface area contributed by atoms with E-state index in [1.165, 1.54) is 6.07 Å². The van der Waals surface area contributed by atoms with E-state index in [2.05, 4.69) is 17.6 Å². The average Bonchev–Trinajstić information content (AvgIpc) is 2.45. The average molecular weight is 293 g/mol. The SMILES string of the molecule is CCCOc1cc(NC2CCNC(C)C2)ccc1[N+](=O)[O-]. The van der Waals surface area contributed by atoms with Gasteiger partial charge in [0, 0.05) is 29.9 Å². The van der Waals surface area contributed by atoms with E-state index in [-0.39, 0.29) is 5.69 Å². The molecule has 1 saturated heterocycles. The van der Waals surface area contributed by atoms with Crippen molar-refractivity contribution in [3.63, 3.8) is 0 Å². The molecule has 1 heterocycles. The lowest BCUT2D eigenvalue weighted by molar-refractivity contribution is -0.385. The first-order valence-corrected chi connectivity index (χ1v) is 7.51. The van der Waals surface area contributed by atoms with Crippen LogP contribution in [0.25, 0.3) is 0 Å². The van der Waals surface area contributed by atoms with Gasteiger partial charge in [-0.25, -0.2) is 0 Å². The Labute approximate surface area is 125 Å². The molecule has 0 amide bonds. The Morgan fingerprint density at radius 3 is 3.00 bits per heavy atom. The molecule has 1 aromatic rings. The normalized spacial score (nSPS) is 21.8. The molecule has 0 bridgehead atoms. The Hall–Kier alpha value is -1.82. The number of piperidine rings is 1. The molecule has 0 spiro atoms. The van der Waals surface area contributed by atoms with Crippen molar-refractivity contribution in [3.8, 4) is 5.75 Å². The standard InChI is InChI=1S/C15H23N3O3/c1-3-8-21-15-10-12(4-5-14(15)18(19)20)17-13-6-7-16-11(2)9-13/h4-5,10-11,13,16-17H,3,6-9H2,1-2H3. The maximum absolute atomic E-state index is 11.0. The number of nitrogens with one attached hydrogen (secondary N) is 2. The molecule has 2 rings (SSSR count). The second-order valence-electron chi connectivity index (χ2n) is 5.51. The first-order chi connectivity index (χ1) is 10.1. The molecule has 0 aromatic heterocycles. The zero-order valence-electron chi connectivity index (χ0n) is 12.6. The Bertz CT molecular complexity index is 493. The number of benzene rings is 1. The van der Waals surface area contributed by atoms with Crippen LogP contribution in [-0.2, 0) is 0 Å². The minimum atomic E-state index is -0.401. The van der Waals surface area contributed by atoms with Crippen LogP contribution < -0.4 is 15.4 Å². The minimum absolute atomic E-state index is 0.0210. The minimum Gasteiger partial charge on any atom is -0.487 e. The molecule has 0 saturated carbocycles. The van der Waals surface area contributed by atoms with Gasteiger partial charge in [-0.3, -0.25) is 10.1 Å². The highest BCUT2D eigenvalue weighted by atomic mass is 16.6. The Kier molecular flexibility index (Phi) is 5.38. The molecule has 6 nitrogen and oxygen atoms in total. The molecule has 116 valence electrons. The van der Waals surface area contributed by atoms with Crippen LogP contribution in [0.3, 0.4) is 0 Å². The van der Waals surface area contributed by atoms with Crippen molar-refractivity contribution in [2.45, 2.75) is 45.2 Å². The van der Waals surface area contributed by atoms with Crippen molar-refractivity contribution in [3.05, 3.63) is 28.3 Å². The summed E-state index contributed by atoms with van der Waals surface area (Å²) in [7, 11) is 0. The molecule has 2 N–H and O–H groups in total. The molecule has 1 aromatic carbocycles. The van der Waals surface area contributed by atoms with Crippen molar-refractivity contribution in [2.75, 3.05) is 18.5 Å². The third kappa shape index (κ3) is 4.32. The number of nitro benzene ring substituents is 1. The predicted octanol–water partition coefficient (Wildman–Crippen LogP) is 2.94. The molecule has 0 radical (unpaired) electrons. The lowest BCUT2D eigenvalue weighted by atomic mass is 10.0. The molecular formula is C15H23N3O3. The van der Waals surface area contributed by atoms with E-state index in [0.29, 0.717) is 24.4 Å². The zero-order chi connectivity index (χ0) is 15.2. The number of hydrogen-bond donors (Lipinski definition) is 2. The second-order valence-corrected chi connectivity index (χ2v) is 5.51. The van der Waals surface area contributed by atoms with E-state index in [9.17, 15) is 10.1 Å². The molecule has 6 heteroatoms. The van der Waals surface area contributed by atoms with Gasteiger partial charge in [0.25, 0.3) is 0 Å². The lowest BCUT2D eigenvalue weighted by Gasteiger charge is -2.29. The summed E-state index contributed by atoms with van der Waals surface area (Å²) in [6.07, 6.45) is 2.91. The van der Waals surface area contributed by atoms with E-state index in [1.807, 2.05) is 6.92 Å². The molecule has 21 heavy (non-hydrogen) atoms. The fourth-order valence-corrected chi connectivity index (χ4v) is 2.58. The van der Waals surface area contributed by atoms with E-state index >= 15 is 0 Å². The third-order valence-electron chi connectivity index (χ3n) is 3.61. The summed E-state index contributed by atoms with van der Waals surface area (Å²) in [4.78, 5) is 10.6. The summed E-state index contributed by atoms with van der Waals surface area (Å²) in [5, 5.41) is 17.9. The summed E-state index contributed by atoms with van der Waals surface area (Å²) >= 11 is 0.